The van der Waals surface area contributed by atoms with Crippen LogP contribution >= 0.6 is 0 Å². The summed E-state index contributed by atoms with van der Waals surface area (Å²) in [5, 5.41) is 5.34. The summed E-state index contributed by atoms with van der Waals surface area (Å²) in [5.74, 6) is -0.390. The Morgan fingerprint density at radius 1 is 1.21 bits per heavy atom. The molecule has 0 aromatic heterocycles. The number of nitrogens with zero attached hydrogens (tertiary/aromatic N) is 1. The summed E-state index contributed by atoms with van der Waals surface area (Å²) in [5.41, 5.74) is 0.391. The van der Waals surface area contributed by atoms with Crippen molar-refractivity contribution in [1.29, 1.82) is 0 Å². The van der Waals surface area contributed by atoms with E-state index in [0.29, 0.717) is 11.4 Å². The Kier molecular flexibility index (Phi) is 6.36. The number of sulfonamides is 1. The third-order valence-electron chi connectivity index (χ3n) is 3.14. The van der Waals surface area contributed by atoms with E-state index in [0.717, 1.165) is 6.26 Å². The summed E-state index contributed by atoms with van der Waals surface area (Å²) in [6.07, 6.45) is 1.10. The fraction of sp³-hybridized carbons (Fsp3) is 0.500. The van der Waals surface area contributed by atoms with E-state index in [9.17, 15) is 18.0 Å². The number of nitrogens with one attached hydrogen (secondary N) is 2. The number of carbonyl (C=O) groups excluding carboxylic acids is 2. The molecule has 0 aliphatic rings. The van der Waals surface area contributed by atoms with Gasteiger partial charge in [0.1, 0.15) is 0 Å². The minimum absolute atomic E-state index is 0.101. The van der Waals surface area contributed by atoms with Gasteiger partial charge in [-0.2, -0.15) is 0 Å². The molecule has 0 fully saturated rings. The SMILES string of the molecule is CC(=O)Nc1cccc(N(CCNC(=O)C(C)(C)C)S(C)(=O)=O)c1. The van der Waals surface area contributed by atoms with Gasteiger partial charge in [-0.15, -0.1) is 0 Å². The van der Waals surface area contributed by atoms with Gasteiger partial charge in [0, 0.05) is 24.6 Å². The van der Waals surface area contributed by atoms with Crippen molar-refractivity contribution in [2.75, 3.05) is 29.0 Å². The summed E-state index contributed by atoms with van der Waals surface area (Å²) in [7, 11) is -3.53. The molecule has 0 radical (unpaired) electrons. The predicted molar refractivity (Wildman–Crippen MR) is 95.4 cm³/mol. The summed E-state index contributed by atoms with van der Waals surface area (Å²) < 4.78 is 25.3. The first-order chi connectivity index (χ1) is 10.9. The highest BCUT2D eigenvalue weighted by Crippen LogP contribution is 2.21. The van der Waals surface area contributed by atoms with Crippen molar-refractivity contribution < 1.29 is 18.0 Å². The first kappa shape index (κ1) is 20.0. The van der Waals surface area contributed by atoms with Crippen LogP contribution in [0, 0.1) is 5.41 Å². The zero-order chi connectivity index (χ0) is 18.5. The maximum Gasteiger partial charge on any atom is 0.232 e. The molecule has 0 bridgehead atoms. The van der Waals surface area contributed by atoms with Crippen LogP contribution in [0.3, 0.4) is 0 Å². The van der Waals surface area contributed by atoms with Gasteiger partial charge in [-0.05, 0) is 18.2 Å². The van der Waals surface area contributed by atoms with Crippen LogP contribution < -0.4 is 14.9 Å². The van der Waals surface area contributed by atoms with Gasteiger partial charge in [0.15, 0.2) is 0 Å². The van der Waals surface area contributed by atoms with Crippen molar-refractivity contribution in [1.82, 2.24) is 5.32 Å². The zero-order valence-corrected chi connectivity index (χ0v) is 15.5. The molecule has 8 heteroatoms. The van der Waals surface area contributed by atoms with Gasteiger partial charge in [-0.25, -0.2) is 8.42 Å². The zero-order valence-electron chi connectivity index (χ0n) is 14.7. The van der Waals surface area contributed by atoms with E-state index in [4.69, 9.17) is 0 Å². The Bertz CT molecular complexity index is 708. The fourth-order valence-corrected chi connectivity index (χ4v) is 2.88. The Balaban J connectivity index is 2.91. The smallest absolute Gasteiger partial charge is 0.232 e. The molecule has 1 aromatic carbocycles. The van der Waals surface area contributed by atoms with Gasteiger partial charge < -0.3 is 10.6 Å². The van der Waals surface area contributed by atoms with E-state index in [-0.39, 0.29) is 24.9 Å². The van der Waals surface area contributed by atoms with Gasteiger partial charge >= 0.3 is 0 Å². The second kappa shape index (κ2) is 7.65. The molecule has 7 nitrogen and oxygen atoms in total. The van der Waals surface area contributed by atoms with Crippen molar-refractivity contribution in [2.24, 2.45) is 5.41 Å². The predicted octanol–water partition coefficient (Wildman–Crippen LogP) is 1.57. The number of hydrogen-bond donors (Lipinski definition) is 2. The average molecular weight is 355 g/mol. The van der Waals surface area contributed by atoms with E-state index < -0.39 is 15.4 Å². The molecule has 0 saturated heterocycles. The Morgan fingerprint density at radius 3 is 2.33 bits per heavy atom. The highest BCUT2D eigenvalue weighted by Gasteiger charge is 2.22. The first-order valence-corrected chi connectivity index (χ1v) is 9.40. The van der Waals surface area contributed by atoms with Crippen molar-refractivity contribution >= 4 is 33.2 Å². The quantitative estimate of drug-likeness (QED) is 0.810. The molecule has 0 aliphatic heterocycles. The third kappa shape index (κ3) is 6.19. The number of rotatable bonds is 6. The lowest BCUT2D eigenvalue weighted by atomic mass is 9.96. The van der Waals surface area contributed by atoms with E-state index >= 15 is 0 Å². The normalized spacial score (nSPS) is 11.7. The number of amides is 2. The summed E-state index contributed by atoms with van der Waals surface area (Å²) in [6, 6.07) is 6.55. The van der Waals surface area contributed by atoms with Crippen LogP contribution in [0.1, 0.15) is 27.7 Å². The van der Waals surface area contributed by atoms with E-state index in [1.54, 1.807) is 45.0 Å². The topological polar surface area (TPSA) is 95.6 Å². The minimum atomic E-state index is -3.53. The molecule has 1 rings (SSSR count). The van der Waals surface area contributed by atoms with Gasteiger partial charge in [-0.3, -0.25) is 13.9 Å². The molecule has 2 N–H and O–H groups in total. The van der Waals surface area contributed by atoms with Crippen LogP contribution in [-0.4, -0.2) is 39.6 Å². The van der Waals surface area contributed by atoms with Crippen molar-refractivity contribution in [3.63, 3.8) is 0 Å². The molecule has 0 aliphatic carbocycles. The van der Waals surface area contributed by atoms with Crippen LogP contribution in [0.5, 0.6) is 0 Å². The van der Waals surface area contributed by atoms with E-state index in [2.05, 4.69) is 10.6 Å². The van der Waals surface area contributed by atoms with Crippen molar-refractivity contribution in [2.45, 2.75) is 27.7 Å². The van der Waals surface area contributed by atoms with Crippen LogP contribution in [0.2, 0.25) is 0 Å². The maximum absolute atomic E-state index is 12.1. The van der Waals surface area contributed by atoms with Gasteiger partial charge in [0.2, 0.25) is 21.8 Å². The molecular formula is C16H25N3O4S. The van der Waals surface area contributed by atoms with Crippen LogP contribution in [0.15, 0.2) is 24.3 Å². The second-order valence-corrected chi connectivity index (χ2v) is 8.48. The lowest BCUT2D eigenvalue weighted by molar-refractivity contribution is -0.128. The number of carbonyl (C=O) groups is 2. The standard InChI is InChI=1S/C16H25N3O4S/c1-12(20)18-13-7-6-8-14(11-13)19(24(5,22)23)10-9-17-15(21)16(2,3)4/h6-8,11H,9-10H2,1-5H3,(H,17,21)(H,18,20). The molecule has 0 heterocycles. The molecule has 1 aromatic rings. The molecule has 0 atom stereocenters. The van der Waals surface area contributed by atoms with Gasteiger partial charge in [0.25, 0.3) is 0 Å². The molecule has 2 amide bonds. The second-order valence-electron chi connectivity index (χ2n) is 6.57. The average Bonchev–Trinajstić information content (AvgIpc) is 2.40. The lowest BCUT2D eigenvalue weighted by Gasteiger charge is -2.24. The maximum atomic E-state index is 12.1. The number of anilines is 2. The summed E-state index contributed by atoms with van der Waals surface area (Å²) in [6.45, 7) is 7.02. The number of hydrogen-bond acceptors (Lipinski definition) is 4. The van der Waals surface area contributed by atoms with Crippen molar-refractivity contribution in [3.8, 4) is 0 Å². The Labute approximate surface area is 143 Å². The molecule has 0 saturated carbocycles. The summed E-state index contributed by atoms with van der Waals surface area (Å²) >= 11 is 0. The van der Waals surface area contributed by atoms with Crippen LogP contribution in [0.25, 0.3) is 0 Å². The Morgan fingerprint density at radius 2 is 1.83 bits per heavy atom. The van der Waals surface area contributed by atoms with E-state index in [1.807, 2.05) is 0 Å². The molecule has 0 unspecified atom stereocenters. The summed E-state index contributed by atoms with van der Waals surface area (Å²) in [4.78, 5) is 23.0. The van der Waals surface area contributed by atoms with Crippen LogP contribution in [0.4, 0.5) is 11.4 Å². The lowest BCUT2D eigenvalue weighted by Crippen LogP contribution is -2.41. The Hall–Kier alpha value is -2.09. The highest BCUT2D eigenvalue weighted by molar-refractivity contribution is 7.92. The first-order valence-electron chi connectivity index (χ1n) is 7.55. The molecule has 134 valence electrons. The fourth-order valence-electron chi connectivity index (χ4n) is 1.96. The largest absolute Gasteiger partial charge is 0.354 e. The molecular weight excluding hydrogens is 330 g/mol. The minimum Gasteiger partial charge on any atom is -0.354 e. The molecule has 24 heavy (non-hydrogen) atoms. The van der Waals surface area contributed by atoms with Crippen LogP contribution in [-0.2, 0) is 19.6 Å². The number of benzene rings is 1. The monoisotopic (exact) mass is 355 g/mol. The highest BCUT2D eigenvalue weighted by atomic mass is 32.2. The molecule has 0 spiro atoms. The van der Waals surface area contributed by atoms with Gasteiger partial charge in [-0.1, -0.05) is 26.8 Å². The third-order valence-corrected chi connectivity index (χ3v) is 4.33. The van der Waals surface area contributed by atoms with E-state index in [1.165, 1.54) is 11.2 Å². The van der Waals surface area contributed by atoms with Crippen molar-refractivity contribution in [3.05, 3.63) is 24.3 Å². The van der Waals surface area contributed by atoms with Gasteiger partial charge in [0.05, 0.1) is 18.5 Å².